The molecule has 0 aliphatic rings. The Labute approximate surface area is 102 Å². The zero-order chi connectivity index (χ0) is 12.9. The van der Waals surface area contributed by atoms with E-state index in [1.165, 1.54) is 12.4 Å². The molecule has 0 unspecified atom stereocenters. The van der Waals surface area contributed by atoms with Crippen molar-refractivity contribution < 1.29 is 8.42 Å². The van der Waals surface area contributed by atoms with Crippen molar-refractivity contribution in [2.24, 2.45) is 5.92 Å². The van der Waals surface area contributed by atoms with Crippen LogP contribution in [-0.4, -0.2) is 24.9 Å². The van der Waals surface area contributed by atoms with Gasteiger partial charge in [0.05, 0.1) is 12.4 Å². The van der Waals surface area contributed by atoms with E-state index in [0.29, 0.717) is 12.5 Å². The highest BCUT2D eigenvalue weighted by atomic mass is 32.2. The minimum atomic E-state index is -3.51. The highest BCUT2D eigenvalue weighted by Crippen LogP contribution is 2.07. The summed E-state index contributed by atoms with van der Waals surface area (Å²) in [6.07, 6.45) is 4.20. The average Bonchev–Trinajstić information content (AvgIpc) is 2.25. The molecular formula is C10H18N4O2S. The number of hydrogen-bond acceptors (Lipinski definition) is 5. The van der Waals surface area contributed by atoms with Gasteiger partial charge in [0.2, 0.25) is 16.0 Å². The van der Waals surface area contributed by atoms with Crippen molar-refractivity contribution in [3.8, 4) is 0 Å². The number of anilines is 1. The maximum Gasteiger partial charge on any atom is 0.243 e. The third-order valence-electron chi connectivity index (χ3n) is 2.21. The predicted octanol–water partition coefficient (Wildman–Crippen LogP) is 0.773. The van der Waals surface area contributed by atoms with E-state index in [0.717, 1.165) is 12.8 Å². The molecule has 0 aromatic carbocycles. The van der Waals surface area contributed by atoms with Gasteiger partial charge in [-0.25, -0.2) is 23.1 Å². The van der Waals surface area contributed by atoms with Gasteiger partial charge < -0.3 is 5.73 Å². The summed E-state index contributed by atoms with van der Waals surface area (Å²) in [5.41, 5.74) is 5.29. The molecule has 0 spiro atoms. The summed E-state index contributed by atoms with van der Waals surface area (Å²) in [7, 11) is -3.51. The summed E-state index contributed by atoms with van der Waals surface area (Å²) in [5, 5.41) is 0. The molecule has 0 saturated heterocycles. The quantitative estimate of drug-likeness (QED) is 0.734. The Morgan fingerprint density at radius 3 is 2.47 bits per heavy atom. The summed E-state index contributed by atoms with van der Waals surface area (Å²) in [4.78, 5) is 7.34. The lowest BCUT2D eigenvalue weighted by molar-refractivity contribution is 0.539. The molecule has 0 bridgehead atoms. The maximum atomic E-state index is 11.8. The van der Waals surface area contributed by atoms with Crippen molar-refractivity contribution in [2.45, 2.75) is 31.6 Å². The number of hydrogen-bond donors (Lipinski definition) is 2. The first kappa shape index (κ1) is 13.9. The van der Waals surface area contributed by atoms with Gasteiger partial charge in [-0.2, -0.15) is 0 Å². The van der Waals surface area contributed by atoms with E-state index in [1.807, 2.05) is 0 Å². The molecule has 96 valence electrons. The lowest BCUT2D eigenvalue weighted by Crippen LogP contribution is -2.25. The van der Waals surface area contributed by atoms with Crippen LogP contribution in [0.5, 0.6) is 0 Å². The second-order valence-electron chi connectivity index (χ2n) is 4.21. The van der Waals surface area contributed by atoms with Gasteiger partial charge in [-0.15, -0.1) is 0 Å². The SMILES string of the molecule is CC(C)CCCNS(=O)(=O)c1cnc(N)nc1. The Morgan fingerprint density at radius 2 is 1.94 bits per heavy atom. The van der Waals surface area contributed by atoms with Crippen LogP contribution in [0.15, 0.2) is 17.3 Å². The third-order valence-corrected chi connectivity index (χ3v) is 3.62. The topological polar surface area (TPSA) is 98.0 Å². The summed E-state index contributed by atoms with van der Waals surface area (Å²) < 4.78 is 26.0. The molecule has 6 nitrogen and oxygen atoms in total. The number of aromatic nitrogens is 2. The monoisotopic (exact) mass is 258 g/mol. The Bertz CT molecular complexity index is 442. The van der Waals surface area contributed by atoms with E-state index in [4.69, 9.17) is 5.73 Å². The van der Waals surface area contributed by atoms with Crippen molar-refractivity contribution in [1.82, 2.24) is 14.7 Å². The summed E-state index contributed by atoms with van der Waals surface area (Å²) >= 11 is 0. The first-order chi connectivity index (χ1) is 7.92. The summed E-state index contributed by atoms with van der Waals surface area (Å²) in [6.45, 7) is 4.62. The molecule has 0 aliphatic heterocycles. The van der Waals surface area contributed by atoms with Gasteiger partial charge in [-0.1, -0.05) is 13.8 Å². The number of nitrogens with zero attached hydrogens (tertiary/aromatic N) is 2. The number of rotatable bonds is 6. The fourth-order valence-electron chi connectivity index (χ4n) is 1.27. The lowest BCUT2D eigenvalue weighted by Gasteiger charge is -2.07. The van der Waals surface area contributed by atoms with E-state index >= 15 is 0 Å². The fourth-order valence-corrected chi connectivity index (χ4v) is 2.23. The van der Waals surface area contributed by atoms with Crippen molar-refractivity contribution in [1.29, 1.82) is 0 Å². The van der Waals surface area contributed by atoms with E-state index in [9.17, 15) is 8.42 Å². The molecule has 0 amide bonds. The predicted molar refractivity (Wildman–Crippen MR) is 65.7 cm³/mol. The van der Waals surface area contributed by atoms with Crippen LogP contribution in [0, 0.1) is 5.92 Å². The molecule has 0 fully saturated rings. The number of nitrogens with two attached hydrogens (primary N) is 1. The van der Waals surface area contributed by atoms with Crippen molar-refractivity contribution in [2.75, 3.05) is 12.3 Å². The molecule has 1 rings (SSSR count). The summed E-state index contributed by atoms with van der Waals surface area (Å²) in [5.74, 6) is 0.628. The van der Waals surface area contributed by atoms with Gasteiger partial charge in [0, 0.05) is 6.54 Å². The molecule has 0 atom stereocenters. The van der Waals surface area contributed by atoms with Crippen LogP contribution in [0.3, 0.4) is 0 Å². The molecule has 1 aromatic rings. The Balaban J connectivity index is 2.54. The number of sulfonamides is 1. The molecule has 0 aliphatic carbocycles. The number of nitrogens with one attached hydrogen (secondary N) is 1. The van der Waals surface area contributed by atoms with Crippen LogP contribution in [-0.2, 0) is 10.0 Å². The lowest BCUT2D eigenvalue weighted by atomic mass is 10.1. The van der Waals surface area contributed by atoms with E-state index < -0.39 is 10.0 Å². The molecule has 17 heavy (non-hydrogen) atoms. The number of nitrogen functional groups attached to an aromatic ring is 1. The third kappa shape index (κ3) is 4.66. The Hall–Kier alpha value is -1.21. The molecule has 7 heteroatoms. The Kier molecular flexibility index (Phi) is 4.83. The van der Waals surface area contributed by atoms with Gasteiger partial charge in [-0.3, -0.25) is 0 Å². The summed E-state index contributed by atoms with van der Waals surface area (Å²) in [6, 6.07) is 0. The molecule has 1 heterocycles. The normalized spacial score (nSPS) is 11.9. The van der Waals surface area contributed by atoms with Crippen LogP contribution in [0.25, 0.3) is 0 Å². The van der Waals surface area contributed by atoms with Crippen LogP contribution in [0.1, 0.15) is 26.7 Å². The minimum absolute atomic E-state index is 0.0382. The standard InChI is InChI=1S/C10H18N4O2S/c1-8(2)4-3-5-14-17(15,16)9-6-12-10(11)13-7-9/h6-8,14H,3-5H2,1-2H3,(H2,11,12,13). The zero-order valence-corrected chi connectivity index (χ0v) is 10.9. The molecule has 1 aromatic heterocycles. The molecule has 3 N–H and O–H groups in total. The highest BCUT2D eigenvalue weighted by Gasteiger charge is 2.14. The molecule has 0 saturated carbocycles. The first-order valence-corrected chi connectivity index (χ1v) is 6.97. The first-order valence-electron chi connectivity index (χ1n) is 5.49. The van der Waals surface area contributed by atoms with Crippen LogP contribution < -0.4 is 10.5 Å². The molecule has 0 radical (unpaired) electrons. The fraction of sp³-hybridized carbons (Fsp3) is 0.600. The van der Waals surface area contributed by atoms with Gasteiger partial charge in [0.25, 0.3) is 0 Å². The van der Waals surface area contributed by atoms with Gasteiger partial charge in [0.1, 0.15) is 4.90 Å². The van der Waals surface area contributed by atoms with Gasteiger partial charge >= 0.3 is 0 Å². The van der Waals surface area contributed by atoms with Crippen LogP contribution >= 0.6 is 0 Å². The largest absolute Gasteiger partial charge is 0.368 e. The second kappa shape index (κ2) is 5.92. The van der Waals surface area contributed by atoms with Crippen LogP contribution in [0.4, 0.5) is 5.95 Å². The van der Waals surface area contributed by atoms with Crippen molar-refractivity contribution in [3.05, 3.63) is 12.4 Å². The van der Waals surface area contributed by atoms with E-state index in [1.54, 1.807) is 0 Å². The van der Waals surface area contributed by atoms with Gasteiger partial charge in [-0.05, 0) is 18.8 Å². The van der Waals surface area contributed by atoms with Gasteiger partial charge in [0.15, 0.2) is 0 Å². The smallest absolute Gasteiger partial charge is 0.243 e. The minimum Gasteiger partial charge on any atom is -0.368 e. The zero-order valence-electron chi connectivity index (χ0n) is 10.0. The van der Waals surface area contributed by atoms with Crippen molar-refractivity contribution in [3.63, 3.8) is 0 Å². The van der Waals surface area contributed by atoms with Crippen molar-refractivity contribution >= 4 is 16.0 Å². The average molecular weight is 258 g/mol. The van der Waals surface area contributed by atoms with Crippen LogP contribution in [0.2, 0.25) is 0 Å². The maximum absolute atomic E-state index is 11.8. The Morgan fingerprint density at radius 1 is 1.35 bits per heavy atom. The van der Waals surface area contributed by atoms with E-state index in [-0.39, 0.29) is 10.8 Å². The second-order valence-corrected chi connectivity index (χ2v) is 5.98. The highest BCUT2D eigenvalue weighted by molar-refractivity contribution is 7.89. The molecular weight excluding hydrogens is 240 g/mol. The van der Waals surface area contributed by atoms with E-state index in [2.05, 4.69) is 28.5 Å².